The molecule has 0 bridgehead atoms. The van der Waals surface area contributed by atoms with Crippen LogP contribution in [0.4, 0.5) is 37.8 Å². The first kappa shape index (κ1) is 32.8. The van der Waals surface area contributed by atoms with Crippen LogP contribution in [0.1, 0.15) is 49.4 Å². The van der Waals surface area contributed by atoms with E-state index in [1.54, 1.807) is 6.20 Å². The van der Waals surface area contributed by atoms with E-state index in [9.17, 15) is 41.4 Å². The molecule has 8 nitrogen and oxygen atoms in total. The lowest BCUT2D eigenvalue weighted by Crippen LogP contribution is -2.44. The molecule has 1 aliphatic carbocycles. The highest BCUT2D eigenvalue weighted by Gasteiger charge is 2.49. The number of hydrogen-bond donors (Lipinski definition) is 4. The largest absolute Gasteiger partial charge is 0.490 e. The second kappa shape index (κ2) is 11.9. The molecule has 0 aliphatic heterocycles. The SMILES string of the molecule is Cc1ccc(-c2cnc([C@@]3(O)CC[C@H](C(=O)O)C(C)(C)C3)s2)cc1Nc1cccc(C(F)(F)F)n1.O=C(O)C(F)(F)F. The molecule has 1 aliphatic rings. The van der Waals surface area contributed by atoms with Crippen LogP contribution >= 0.6 is 11.3 Å². The Morgan fingerprint density at radius 2 is 1.71 bits per heavy atom. The van der Waals surface area contributed by atoms with Crippen molar-refractivity contribution in [3.05, 3.63) is 58.9 Å². The minimum atomic E-state index is -5.08. The molecular formula is C27H27F6N3O5S. The van der Waals surface area contributed by atoms with Gasteiger partial charge in [0.25, 0.3) is 0 Å². The number of carboxylic acid groups (broad SMARTS) is 2. The highest BCUT2D eigenvalue weighted by atomic mass is 32.1. The van der Waals surface area contributed by atoms with Crippen molar-refractivity contribution in [2.45, 2.75) is 58.0 Å². The second-order valence-electron chi connectivity index (χ2n) is 10.5. The van der Waals surface area contributed by atoms with Crippen molar-refractivity contribution >= 4 is 34.8 Å². The zero-order chi connectivity index (χ0) is 31.7. The number of hydrogen-bond acceptors (Lipinski definition) is 7. The number of aliphatic hydroxyl groups is 1. The molecule has 0 amide bonds. The van der Waals surface area contributed by atoms with Crippen LogP contribution in [0.25, 0.3) is 10.4 Å². The molecule has 0 unspecified atom stereocenters. The van der Waals surface area contributed by atoms with Crippen molar-refractivity contribution in [2.75, 3.05) is 5.32 Å². The van der Waals surface area contributed by atoms with Gasteiger partial charge in [-0.25, -0.2) is 14.8 Å². The van der Waals surface area contributed by atoms with Crippen molar-refractivity contribution in [1.82, 2.24) is 9.97 Å². The zero-order valence-corrected chi connectivity index (χ0v) is 23.3. The molecular weight excluding hydrogens is 592 g/mol. The van der Waals surface area contributed by atoms with Gasteiger partial charge in [-0.1, -0.05) is 32.0 Å². The highest BCUT2D eigenvalue weighted by molar-refractivity contribution is 7.15. The molecule has 4 rings (SSSR count). The van der Waals surface area contributed by atoms with E-state index in [2.05, 4.69) is 15.3 Å². The number of halogens is 6. The summed E-state index contributed by atoms with van der Waals surface area (Å²) in [6.45, 7) is 5.54. The second-order valence-corrected chi connectivity index (χ2v) is 11.6. The number of aryl methyl sites for hydroxylation is 1. The number of alkyl halides is 6. The molecule has 1 aromatic carbocycles. The maximum atomic E-state index is 13.0. The van der Waals surface area contributed by atoms with Gasteiger partial charge in [0.05, 0.1) is 10.8 Å². The molecule has 228 valence electrons. The summed E-state index contributed by atoms with van der Waals surface area (Å²) >= 11 is 1.33. The molecule has 3 aromatic rings. The van der Waals surface area contributed by atoms with Crippen molar-refractivity contribution in [2.24, 2.45) is 11.3 Å². The van der Waals surface area contributed by atoms with E-state index in [4.69, 9.17) is 9.90 Å². The maximum Gasteiger partial charge on any atom is 0.490 e. The third-order valence-corrected chi connectivity index (χ3v) is 8.05. The minimum Gasteiger partial charge on any atom is -0.481 e. The van der Waals surface area contributed by atoms with Crippen LogP contribution in [0.15, 0.2) is 42.6 Å². The van der Waals surface area contributed by atoms with Crippen LogP contribution < -0.4 is 5.32 Å². The third-order valence-electron chi connectivity index (χ3n) is 6.81. The van der Waals surface area contributed by atoms with E-state index in [0.29, 0.717) is 23.5 Å². The van der Waals surface area contributed by atoms with Gasteiger partial charge in [0.2, 0.25) is 0 Å². The van der Waals surface area contributed by atoms with Crippen molar-refractivity contribution in [3.8, 4) is 10.4 Å². The van der Waals surface area contributed by atoms with Gasteiger partial charge >= 0.3 is 24.3 Å². The van der Waals surface area contributed by atoms with E-state index in [1.807, 2.05) is 39.0 Å². The van der Waals surface area contributed by atoms with Crippen molar-refractivity contribution in [1.29, 1.82) is 0 Å². The molecule has 1 fully saturated rings. The van der Waals surface area contributed by atoms with Crippen LogP contribution in [0.5, 0.6) is 0 Å². The van der Waals surface area contributed by atoms with Gasteiger partial charge < -0.3 is 20.6 Å². The van der Waals surface area contributed by atoms with Crippen LogP contribution in [-0.2, 0) is 21.4 Å². The van der Waals surface area contributed by atoms with E-state index in [-0.39, 0.29) is 12.2 Å². The van der Waals surface area contributed by atoms with Gasteiger partial charge in [0.15, 0.2) is 0 Å². The molecule has 0 radical (unpaired) electrons. The van der Waals surface area contributed by atoms with Gasteiger partial charge in [-0.15, -0.1) is 11.3 Å². The van der Waals surface area contributed by atoms with Crippen molar-refractivity contribution in [3.63, 3.8) is 0 Å². The number of pyridine rings is 1. The van der Waals surface area contributed by atoms with E-state index < -0.39 is 46.9 Å². The molecule has 2 heterocycles. The summed E-state index contributed by atoms with van der Waals surface area (Å²) in [4.78, 5) is 29.4. The standard InChI is InChI=1S/C25H26F3N3O3S.C2HF3O2/c1-14-7-8-15(11-17(14)30-20-6-4-5-19(31-20)25(26,27)28)18-12-29-22(35-18)24(34)10-9-16(21(32)33)23(2,3)13-24;3-2(4,5)1(6)7/h4-8,11-12,16,34H,9-10,13H2,1-3H3,(H,30,31)(H,32,33);(H,6,7)/t16-,24-;/m1./s1. The average molecular weight is 620 g/mol. The lowest BCUT2D eigenvalue weighted by Gasteiger charge is -2.44. The summed E-state index contributed by atoms with van der Waals surface area (Å²) in [5.41, 5.74) is -0.570. The number of nitrogens with one attached hydrogen (secondary N) is 1. The van der Waals surface area contributed by atoms with Gasteiger partial charge in [-0.05, 0) is 60.9 Å². The summed E-state index contributed by atoms with van der Waals surface area (Å²) in [5, 5.41) is 31.5. The Morgan fingerprint density at radius 3 is 2.26 bits per heavy atom. The predicted octanol–water partition coefficient (Wildman–Crippen LogP) is 7.01. The fourth-order valence-electron chi connectivity index (χ4n) is 4.71. The van der Waals surface area contributed by atoms with Crippen LogP contribution in [0.3, 0.4) is 0 Å². The number of carbonyl (C=O) groups is 2. The predicted molar refractivity (Wildman–Crippen MR) is 141 cm³/mol. The van der Waals surface area contributed by atoms with E-state index >= 15 is 0 Å². The minimum absolute atomic E-state index is 0.0804. The third kappa shape index (κ3) is 7.76. The molecule has 0 saturated heterocycles. The van der Waals surface area contributed by atoms with Crippen LogP contribution in [0.2, 0.25) is 0 Å². The number of rotatable bonds is 5. The average Bonchev–Trinajstić information content (AvgIpc) is 3.35. The zero-order valence-electron chi connectivity index (χ0n) is 22.5. The first-order valence-electron chi connectivity index (χ1n) is 12.4. The molecule has 4 N–H and O–H groups in total. The summed E-state index contributed by atoms with van der Waals surface area (Å²) < 4.78 is 70.8. The number of aliphatic carboxylic acids is 2. The topological polar surface area (TPSA) is 133 Å². The lowest BCUT2D eigenvalue weighted by atomic mass is 9.63. The smallest absolute Gasteiger partial charge is 0.481 e. The number of aromatic nitrogens is 2. The number of nitrogens with zero attached hydrogens (tertiary/aromatic N) is 2. The van der Waals surface area contributed by atoms with Gasteiger partial charge in [0.1, 0.15) is 22.1 Å². The Hall–Kier alpha value is -3.72. The molecule has 2 aromatic heterocycles. The highest BCUT2D eigenvalue weighted by Crippen LogP contribution is 2.51. The fourth-order valence-corrected chi connectivity index (χ4v) is 5.74. The Morgan fingerprint density at radius 1 is 1.07 bits per heavy atom. The molecule has 0 spiro atoms. The Balaban J connectivity index is 0.000000616. The van der Waals surface area contributed by atoms with Gasteiger partial charge in [-0.2, -0.15) is 26.3 Å². The molecule has 1 saturated carbocycles. The van der Waals surface area contributed by atoms with Crippen LogP contribution in [-0.4, -0.2) is 43.4 Å². The quantitative estimate of drug-likeness (QED) is 0.224. The van der Waals surface area contributed by atoms with E-state index in [0.717, 1.165) is 22.1 Å². The Bertz CT molecular complexity index is 1460. The van der Waals surface area contributed by atoms with Gasteiger partial charge in [0, 0.05) is 11.9 Å². The summed E-state index contributed by atoms with van der Waals surface area (Å²) in [6, 6.07) is 9.23. The number of anilines is 2. The number of benzene rings is 1. The summed E-state index contributed by atoms with van der Waals surface area (Å²) in [7, 11) is 0. The first-order chi connectivity index (χ1) is 19.2. The molecule has 42 heavy (non-hydrogen) atoms. The van der Waals surface area contributed by atoms with Crippen molar-refractivity contribution < 1.29 is 51.3 Å². The fraction of sp³-hybridized carbons (Fsp3) is 0.407. The molecule has 2 atom stereocenters. The first-order valence-corrected chi connectivity index (χ1v) is 13.2. The number of thiazole rings is 1. The monoisotopic (exact) mass is 619 g/mol. The molecule has 15 heteroatoms. The van der Waals surface area contributed by atoms with Gasteiger partial charge in [-0.3, -0.25) is 4.79 Å². The maximum absolute atomic E-state index is 13.0. The Labute approximate surface area is 240 Å². The number of carboxylic acids is 2. The Kier molecular flexibility index (Phi) is 9.27. The van der Waals surface area contributed by atoms with E-state index in [1.165, 1.54) is 23.5 Å². The van der Waals surface area contributed by atoms with Crippen LogP contribution in [0, 0.1) is 18.3 Å². The summed E-state index contributed by atoms with van der Waals surface area (Å²) in [5.74, 6) is -4.06. The normalized spacial score (nSPS) is 20.3. The lowest BCUT2D eigenvalue weighted by molar-refractivity contribution is -0.192. The summed E-state index contributed by atoms with van der Waals surface area (Å²) in [6.07, 6.45) is -7.01.